The van der Waals surface area contributed by atoms with Crippen LogP contribution in [0.5, 0.6) is 0 Å². The largest absolute Gasteiger partial charge is 0.481 e. The molecule has 0 heterocycles. The first-order valence-corrected chi connectivity index (χ1v) is 10.4. The van der Waals surface area contributed by atoms with Crippen molar-refractivity contribution in [3.8, 4) is 11.1 Å². The minimum atomic E-state index is -0.833. The molecule has 0 aromatic heterocycles. The van der Waals surface area contributed by atoms with Gasteiger partial charge in [0.05, 0.1) is 11.4 Å². The molecular formula is C24H30N2O5. The monoisotopic (exact) mass is 426 g/mol. The minimum Gasteiger partial charge on any atom is -0.481 e. The predicted molar refractivity (Wildman–Crippen MR) is 121 cm³/mol. The molecule has 0 aliphatic carbocycles. The summed E-state index contributed by atoms with van der Waals surface area (Å²) in [6, 6.07) is 15.1. The van der Waals surface area contributed by atoms with Crippen LogP contribution in [0.3, 0.4) is 0 Å². The van der Waals surface area contributed by atoms with E-state index < -0.39 is 17.7 Å². The lowest BCUT2D eigenvalue weighted by atomic mass is 10.0. The van der Waals surface area contributed by atoms with E-state index >= 15 is 0 Å². The number of hydrogen-bond acceptors (Lipinski definition) is 4. The molecular weight excluding hydrogens is 396 g/mol. The number of rotatable bonds is 9. The van der Waals surface area contributed by atoms with Gasteiger partial charge in [-0.15, -0.1) is 0 Å². The lowest BCUT2D eigenvalue weighted by molar-refractivity contribution is -0.137. The van der Waals surface area contributed by atoms with Gasteiger partial charge in [-0.2, -0.15) is 0 Å². The maximum absolute atomic E-state index is 12.5. The van der Waals surface area contributed by atoms with Crippen LogP contribution in [0.25, 0.3) is 11.1 Å². The van der Waals surface area contributed by atoms with E-state index in [9.17, 15) is 14.4 Å². The van der Waals surface area contributed by atoms with Crippen molar-refractivity contribution in [3.63, 3.8) is 0 Å². The molecule has 0 spiro atoms. The average molecular weight is 427 g/mol. The summed E-state index contributed by atoms with van der Waals surface area (Å²) in [6.45, 7) is 5.33. The van der Waals surface area contributed by atoms with E-state index in [1.807, 2.05) is 42.5 Å². The van der Waals surface area contributed by atoms with Gasteiger partial charge in [0.15, 0.2) is 0 Å². The Labute approximate surface area is 182 Å². The number of amides is 2. The van der Waals surface area contributed by atoms with Crippen molar-refractivity contribution in [1.29, 1.82) is 0 Å². The summed E-state index contributed by atoms with van der Waals surface area (Å²) in [5, 5.41) is 14.2. The van der Waals surface area contributed by atoms with Crippen molar-refractivity contribution in [2.24, 2.45) is 0 Å². The van der Waals surface area contributed by atoms with Crippen molar-refractivity contribution in [1.82, 2.24) is 0 Å². The number of unbranched alkanes of at least 4 members (excludes halogenated alkanes) is 2. The van der Waals surface area contributed by atoms with E-state index in [1.54, 1.807) is 26.8 Å². The van der Waals surface area contributed by atoms with Crippen LogP contribution in [-0.4, -0.2) is 28.7 Å². The maximum Gasteiger partial charge on any atom is 0.412 e. The lowest BCUT2D eigenvalue weighted by Crippen LogP contribution is -2.27. The SMILES string of the molecule is CC(C)(C)OC(=O)Nc1ccc(-c2ccccc2)cc1NC(=O)CCCCCC(=O)O. The Morgan fingerprint density at radius 2 is 1.52 bits per heavy atom. The van der Waals surface area contributed by atoms with Gasteiger partial charge in [-0.25, -0.2) is 4.79 Å². The summed E-state index contributed by atoms with van der Waals surface area (Å²) >= 11 is 0. The predicted octanol–water partition coefficient (Wildman–Crippen LogP) is 5.67. The maximum atomic E-state index is 12.5. The quantitative estimate of drug-likeness (QED) is 0.448. The summed E-state index contributed by atoms with van der Waals surface area (Å²) < 4.78 is 5.32. The zero-order chi connectivity index (χ0) is 22.9. The zero-order valence-corrected chi connectivity index (χ0v) is 18.2. The number of hydrogen-bond donors (Lipinski definition) is 3. The Morgan fingerprint density at radius 1 is 0.839 bits per heavy atom. The fourth-order valence-electron chi connectivity index (χ4n) is 2.93. The van der Waals surface area contributed by atoms with Crippen LogP contribution in [-0.2, 0) is 14.3 Å². The molecule has 3 N–H and O–H groups in total. The van der Waals surface area contributed by atoms with Gasteiger partial charge in [-0.3, -0.25) is 14.9 Å². The Morgan fingerprint density at radius 3 is 2.16 bits per heavy atom. The highest BCUT2D eigenvalue weighted by atomic mass is 16.6. The Kier molecular flexibility index (Phi) is 8.61. The Bertz CT molecular complexity index is 904. The summed E-state index contributed by atoms with van der Waals surface area (Å²) in [5.41, 5.74) is 2.14. The van der Waals surface area contributed by atoms with Crippen molar-refractivity contribution in [2.75, 3.05) is 10.6 Å². The number of benzene rings is 2. The first-order chi connectivity index (χ1) is 14.6. The average Bonchev–Trinajstić information content (AvgIpc) is 2.68. The summed E-state index contributed by atoms with van der Waals surface area (Å²) in [6.07, 6.45) is 1.55. The first-order valence-electron chi connectivity index (χ1n) is 10.4. The molecule has 2 aromatic carbocycles. The van der Waals surface area contributed by atoms with E-state index in [0.717, 1.165) is 11.1 Å². The van der Waals surface area contributed by atoms with Gasteiger partial charge in [-0.1, -0.05) is 42.8 Å². The normalized spacial score (nSPS) is 10.9. The highest BCUT2D eigenvalue weighted by molar-refractivity contribution is 5.99. The number of aliphatic carboxylic acids is 1. The lowest BCUT2D eigenvalue weighted by Gasteiger charge is -2.21. The van der Waals surface area contributed by atoms with Crippen molar-refractivity contribution in [3.05, 3.63) is 48.5 Å². The highest BCUT2D eigenvalue weighted by Crippen LogP contribution is 2.30. The van der Waals surface area contributed by atoms with Crippen LogP contribution in [0.4, 0.5) is 16.2 Å². The van der Waals surface area contributed by atoms with Gasteiger partial charge in [0, 0.05) is 12.8 Å². The van der Waals surface area contributed by atoms with E-state index in [1.165, 1.54) is 0 Å². The molecule has 2 aromatic rings. The van der Waals surface area contributed by atoms with E-state index in [-0.39, 0.29) is 18.7 Å². The molecule has 2 amide bonds. The standard InChI is InChI=1S/C24H30N2O5/c1-24(2,3)31-23(30)26-19-15-14-18(17-10-6-4-7-11-17)16-20(19)25-21(27)12-8-5-9-13-22(28)29/h4,6-7,10-11,14-16H,5,8-9,12-13H2,1-3H3,(H,25,27)(H,26,30)(H,28,29). The molecule has 0 atom stereocenters. The smallest absolute Gasteiger partial charge is 0.412 e. The summed E-state index contributed by atoms with van der Waals surface area (Å²) in [4.78, 5) is 35.3. The molecule has 0 saturated heterocycles. The number of anilines is 2. The van der Waals surface area contributed by atoms with Crippen molar-refractivity contribution >= 4 is 29.3 Å². The van der Waals surface area contributed by atoms with E-state index in [0.29, 0.717) is 30.6 Å². The van der Waals surface area contributed by atoms with Crippen LogP contribution in [0, 0.1) is 0 Å². The van der Waals surface area contributed by atoms with Gasteiger partial charge in [0.1, 0.15) is 5.60 Å². The second-order valence-electron chi connectivity index (χ2n) is 8.26. The summed E-state index contributed by atoms with van der Waals surface area (Å²) in [5.74, 6) is -1.03. The minimum absolute atomic E-state index is 0.102. The second-order valence-corrected chi connectivity index (χ2v) is 8.26. The van der Waals surface area contributed by atoms with Gasteiger partial charge in [0.25, 0.3) is 0 Å². The molecule has 0 unspecified atom stereocenters. The molecule has 0 radical (unpaired) electrons. The fourth-order valence-corrected chi connectivity index (χ4v) is 2.93. The van der Waals surface area contributed by atoms with Crippen molar-refractivity contribution in [2.45, 2.75) is 58.5 Å². The van der Waals surface area contributed by atoms with E-state index in [4.69, 9.17) is 9.84 Å². The van der Waals surface area contributed by atoms with Crippen LogP contribution in [0.2, 0.25) is 0 Å². The van der Waals surface area contributed by atoms with Gasteiger partial charge < -0.3 is 15.2 Å². The zero-order valence-electron chi connectivity index (χ0n) is 18.2. The molecule has 0 fully saturated rings. The van der Waals surface area contributed by atoms with Crippen LogP contribution in [0.1, 0.15) is 52.9 Å². The number of carboxylic acids is 1. The van der Waals surface area contributed by atoms with Gasteiger partial charge >= 0.3 is 12.1 Å². The molecule has 0 bridgehead atoms. The molecule has 166 valence electrons. The number of carbonyl (C=O) groups excluding carboxylic acids is 2. The number of carbonyl (C=O) groups is 3. The molecule has 31 heavy (non-hydrogen) atoms. The molecule has 2 rings (SSSR count). The van der Waals surface area contributed by atoms with Crippen LogP contribution < -0.4 is 10.6 Å². The fraction of sp³-hybridized carbons (Fsp3) is 0.375. The molecule has 0 aliphatic heterocycles. The van der Waals surface area contributed by atoms with E-state index in [2.05, 4.69) is 10.6 Å². The molecule has 0 saturated carbocycles. The number of carboxylic acid groups (broad SMARTS) is 1. The summed E-state index contributed by atoms with van der Waals surface area (Å²) in [7, 11) is 0. The third kappa shape index (κ3) is 8.90. The Balaban J connectivity index is 2.13. The van der Waals surface area contributed by atoms with Crippen LogP contribution >= 0.6 is 0 Å². The third-order valence-corrected chi connectivity index (χ3v) is 4.33. The topological polar surface area (TPSA) is 105 Å². The molecule has 7 heteroatoms. The second kappa shape index (κ2) is 11.2. The first kappa shape index (κ1) is 23.9. The molecule has 7 nitrogen and oxygen atoms in total. The van der Waals surface area contributed by atoms with Gasteiger partial charge in [-0.05, 0) is 56.9 Å². The highest BCUT2D eigenvalue weighted by Gasteiger charge is 2.18. The number of nitrogens with one attached hydrogen (secondary N) is 2. The van der Waals surface area contributed by atoms with Crippen molar-refractivity contribution < 1.29 is 24.2 Å². The number of ether oxygens (including phenoxy) is 1. The third-order valence-electron chi connectivity index (χ3n) is 4.33. The van der Waals surface area contributed by atoms with Crippen LogP contribution in [0.15, 0.2) is 48.5 Å². The molecule has 0 aliphatic rings. The van der Waals surface area contributed by atoms with Gasteiger partial charge in [0.2, 0.25) is 5.91 Å². The Hall–Kier alpha value is -3.35.